The fourth-order valence-electron chi connectivity index (χ4n) is 4.60. The number of halogens is 4. The molecule has 2 amide bonds. The number of alkyl halides is 3. The molecule has 5 N–H and O–H groups in total. The second-order valence-electron chi connectivity index (χ2n) is 10.1. The van der Waals surface area contributed by atoms with E-state index >= 15 is 0 Å². The minimum absolute atomic E-state index is 0.0301. The Labute approximate surface area is 251 Å². The van der Waals surface area contributed by atoms with Crippen LogP contribution in [0.25, 0.3) is 11.1 Å². The van der Waals surface area contributed by atoms with E-state index in [1.54, 1.807) is 6.92 Å². The summed E-state index contributed by atoms with van der Waals surface area (Å²) >= 11 is 0. The maximum Gasteiger partial charge on any atom is 0.416 e. The van der Waals surface area contributed by atoms with Crippen molar-refractivity contribution < 1.29 is 41.0 Å². The maximum atomic E-state index is 15.0. The van der Waals surface area contributed by atoms with Crippen molar-refractivity contribution in [2.75, 3.05) is 49.6 Å². The molecule has 3 aromatic rings. The van der Waals surface area contributed by atoms with E-state index in [2.05, 4.69) is 15.6 Å². The maximum absolute atomic E-state index is 15.0. The van der Waals surface area contributed by atoms with E-state index in [-0.39, 0.29) is 47.2 Å². The van der Waals surface area contributed by atoms with Gasteiger partial charge in [-0.1, -0.05) is 12.1 Å². The van der Waals surface area contributed by atoms with Gasteiger partial charge in [0.05, 0.1) is 30.1 Å². The Morgan fingerprint density at radius 3 is 2.48 bits per heavy atom. The molecule has 0 aliphatic carbocycles. The van der Waals surface area contributed by atoms with Gasteiger partial charge in [-0.2, -0.15) is 23.8 Å². The number of H-pyrrole nitrogens is 1. The summed E-state index contributed by atoms with van der Waals surface area (Å²) in [6.45, 7) is 3.31. The molecule has 1 aliphatic heterocycles. The van der Waals surface area contributed by atoms with Crippen LogP contribution in [0.15, 0.2) is 53.5 Å². The van der Waals surface area contributed by atoms with Crippen LogP contribution in [0.2, 0.25) is 0 Å². The second kappa shape index (κ2) is 13.8. The molecule has 2 aromatic carbocycles. The molecule has 1 fully saturated rings. The third-order valence-corrected chi connectivity index (χ3v) is 8.56. The van der Waals surface area contributed by atoms with Gasteiger partial charge >= 0.3 is 6.18 Å². The summed E-state index contributed by atoms with van der Waals surface area (Å²) in [5, 5.41) is 4.87. The summed E-state index contributed by atoms with van der Waals surface area (Å²) in [5.74, 6) is -1.67. The number of carbonyl (C=O) groups excluding carboxylic acids is 2. The number of nitrogens with zero attached hydrogens (tertiary/aromatic N) is 1. The monoisotopic (exact) mass is 640 g/mol. The number of benzene rings is 2. The molecule has 1 saturated heterocycles. The highest BCUT2D eigenvalue weighted by molar-refractivity contribution is 8.24. The quantitative estimate of drug-likeness (QED) is 0.204. The van der Waals surface area contributed by atoms with Crippen LogP contribution in [0, 0.1) is 5.82 Å². The molecule has 0 unspecified atom stereocenters. The molecular weight excluding hydrogens is 608 g/mol. The highest BCUT2D eigenvalue weighted by atomic mass is 32.3. The SMILES string of the molecule is CCOc1cc(=O)[nH]cc1-c1ccc(CC(=O)Nc2cc(C(=O)NCCN3CCS(O)(O)CC3)cc(C(F)(F)F)c2)c(F)c1. The van der Waals surface area contributed by atoms with E-state index in [4.69, 9.17) is 4.74 Å². The summed E-state index contributed by atoms with van der Waals surface area (Å²) < 4.78 is 80.7. The largest absolute Gasteiger partial charge is 0.493 e. The van der Waals surface area contributed by atoms with Crippen LogP contribution in [0.5, 0.6) is 5.75 Å². The summed E-state index contributed by atoms with van der Waals surface area (Å²) in [5.41, 5.74) is -1.41. The zero-order chi connectivity index (χ0) is 32.1. The summed E-state index contributed by atoms with van der Waals surface area (Å²) in [6, 6.07) is 7.71. The first-order valence-electron chi connectivity index (χ1n) is 13.6. The molecule has 44 heavy (non-hydrogen) atoms. The van der Waals surface area contributed by atoms with E-state index in [0.717, 1.165) is 12.1 Å². The molecule has 238 valence electrons. The van der Waals surface area contributed by atoms with Crippen molar-refractivity contribution in [2.45, 2.75) is 19.5 Å². The molecule has 0 radical (unpaired) electrons. The van der Waals surface area contributed by atoms with Gasteiger partial charge in [0.15, 0.2) is 0 Å². The molecule has 2 heterocycles. The van der Waals surface area contributed by atoms with E-state index < -0.39 is 51.9 Å². The Kier molecular flexibility index (Phi) is 10.3. The molecule has 0 spiro atoms. The Morgan fingerprint density at radius 2 is 1.82 bits per heavy atom. The first kappa shape index (κ1) is 33.0. The predicted octanol–water partition coefficient (Wildman–Crippen LogP) is 4.58. The Hall–Kier alpha value is -3.92. The average Bonchev–Trinajstić information content (AvgIpc) is 2.94. The number of hydrogen-bond donors (Lipinski definition) is 5. The second-order valence-corrected chi connectivity index (χ2v) is 12.6. The summed E-state index contributed by atoms with van der Waals surface area (Å²) in [7, 11) is -2.58. The van der Waals surface area contributed by atoms with Crippen LogP contribution in [-0.2, 0) is 17.4 Å². The van der Waals surface area contributed by atoms with Gasteiger partial charge in [0.1, 0.15) is 11.6 Å². The molecule has 0 bridgehead atoms. The lowest BCUT2D eigenvalue weighted by atomic mass is 10.0. The lowest BCUT2D eigenvalue weighted by Crippen LogP contribution is -2.42. The van der Waals surface area contributed by atoms with Gasteiger partial charge in [0.25, 0.3) is 11.5 Å². The highest BCUT2D eigenvalue weighted by Crippen LogP contribution is 2.40. The van der Waals surface area contributed by atoms with Crippen LogP contribution >= 0.6 is 10.6 Å². The molecular formula is C29H32F4N4O6S. The van der Waals surface area contributed by atoms with Gasteiger partial charge in [0.2, 0.25) is 5.91 Å². The Balaban J connectivity index is 1.43. The van der Waals surface area contributed by atoms with E-state index in [0.29, 0.717) is 42.9 Å². The number of anilines is 1. The molecule has 0 atom stereocenters. The minimum Gasteiger partial charge on any atom is -0.493 e. The van der Waals surface area contributed by atoms with E-state index in [1.807, 2.05) is 4.90 Å². The minimum atomic E-state index is -4.81. The molecule has 1 aromatic heterocycles. The third-order valence-electron chi connectivity index (χ3n) is 6.89. The topological polar surface area (TPSA) is 144 Å². The summed E-state index contributed by atoms with van der Waals surface area (Å²) in [6.07, 6.45) is -3.94. The third kappa shape index (κ3) is 8.81. The van der Waals surface area contributed by atoms with Crippen molar-refractivity contribution >= 4 is 28.1 Å². The van der Waals surface area contributed by atoms with Crippen LogP contribution in [0.3, 0.4) is 0 Å². The predicted molar refractivity (Wildman–Crippen MR) is 159 cm³/mol. The smallest absolute Gasteiger partial charge is 0.416 e. The standard InChI is InChI=1S/C29H32F4N4O6S/c1-2-43-25-16-26(38)35-17-23(25)18-3-4-19(24(30)13-18)14-27(39)36-22-12-20(11-21(15-22)29(31,32)33)28(40)34-5-6-37-7-9-44(41,42)10-8-37/h3-4,11-13,15-17,41-42H,2,5-10,14H2,1H3,(H,34,40)(H,35,38)(H,36,39). The Bertz CT molecular complexity index is 1570. The number of carbonyl (C=O) groups is 2. The number of nitrogens with one attached hydrogen (secondary N) is 3. The van der Waals surface area contributed by atoms with E-state index in [9.17, 15) is 41.1 Å². The number of amides is 2. The lowest BCUT2D eigenvalue weighted by molar-refractivity contribution is -0.137. The zero-order valence-electron chi connectivity index (χ0n) is 23.7. The van der Waals surface area contributed by atoms with Crippen molar-refractivity contribution in [3.8, 4) is 16.9 Å². The van der Waals surface area contributed by atoms with Crippen LogP contribution in [0.1, 0.15) is 28.4 Å². The number of aromatic amines is 1. The molecule has 4 rings (SSSR count). The average molecular weight is 641 g/mol. The first-order chi connectivity index (χ1) is 20.7. The van der Waals surface area contributed by atoms with Crippen LogP contribution in [-0.4, -0.2) is 75.1 Å². The summed E-state index contributed by atoms with van der Waals surface area (Å²) in [4.78, 5) is 41.5. The van der Waals surface area contributed by atoms with Gasteiger partial charge in [-0.15, -0.1) is 0 Å². The normalized spacial score (nSPS) is 15.8. The number of aromatic nitrogens is 1. The fourth-order valence-corrected chi connectivity index (χ4v) is 5.91. The van der Waals surface area contributed by atoms with Gasteiger partial charge < -0.3 is 20.4 Å². The molecule has 10 nitrogen and oxygen atoms in total. The van der Waals surface area contributed by atoms with Gasteiger partial charge in [-0.05, 0) is 42.3 Å². The van der Waals surface area contributed by atoms with Crippen molar-refractivity contribution in [3.63, 3.8) is 0 Å². The lowest BCUT2D eigenvalue weighted by Gasteiger charge is -2.40. The fraction of sp³-hybridized carbons (Fsp3) is 0.345. The number of rotatable bonds is 10. The van der Waals surface area contributed by atoms with Crippen LogP contribution in [0.4, 0.5) is 23.2 Å². The molecule has 15 heteroatoms. The van der Waals surface area contributed by atoms with Gasteiger partial charge in [-0.3, -0.25) is 28.4 Å². The highest BCUT2D eigenvalue weighted by Gasteiger charge is 2.32. The molecule has 0 saturated carbocycles. The molecule has 1 aliphatic rings. The van der Waals surface area contributed by atoms with Crippen molar-refractivity contribution in [3.05, 3.63) is 81.5 Å². The van der Waals surface area contributed by atoms with E-state index in [1.165, 1.54) is 24.4 Å². The van der Waals surface area contributed by atoms with Crippen molar-refractivity contribution in [1.82, 2.24) is 15.2 Å². The van der Waals surface area contributed by atoms with Crippen LogP contribution < -0.4 is 20.9 Å². The number of hydrogen-bond acceptors (Lipinski definition) is 7. The zero-order valence-corrected chi connectivity index (χ0v) is 24.5. The Morgan fingerprint density at radius 1 is 1.09 bits per heavy atom. The van der Waals surface area contributed by atoms with Gasteiger partial charge in [0, 0.05) is 55.3 Å². The first-order valence-corrected chi connectivity index (χ1v) is 15.5. The van der Waals surface area contributed by atoms with Gasteiger partial charge in [-0.25, -0.2) is 4.39 Å². The number of ether oxygens (including phenoxy) is 1. The van der Waals surface area contributed by atoms with Crippen molar-refractivity contribution in [2.24, 2.45) is 0 Å². The van der Waals surface area contributed by atoms with Crippen molar-refractivity contribution in [1.29, 1.82) is 0 Å². The number of pyridine rings is 1.